The average Bonchev–Trinajstić information content (AvgIpc) is 3.37. The van der Waals surface area contributed by atoms with Gasteiger partial charge < -0.3 is 5.32 Å². The van der Waals surface area contributed by atoms with Gasteiger partial charge in [0.05, 0.1) is 10.6 Å². The van der Waals surface area contributed by atoms with E-state index in [0.717, 1.165) is 21.8 Å². The molecule has 2 aromatic heterocycles. The van der Waals surface area contributed by atoms with Crippen LogP contribution in [-0.2, 0) is 6.54 Å². The van der Waals surface area contributed by atoms with Crippen molar-refractivity contribution in [2.75, 3.05) is 0 Å². The van der Waals surface area contributed by atoms with Crippen LogP contribution in [0.5, 0.6) is 0 Å². The summed E-state index contributed by atoms with van der Waals surface area (Å²) >= 11 is 1.61. The molecule has 0 spiro atoms. The van der Waals surface area contributed by atoms with E-state index in [1.54, 1.807) is 16.0 Å². The Morgan fingerprint density at radius 3 is 2.52 bits per heavy atom. The fourth-order valence-electron chi connectivity index (χ4n) is 2.84. The van der Waals surface area contributed by atoms with Crippen LogP contribution in [0.25, 0.3) is 16.3 Å². The summed E-state index contributed by atoms with van der Waals surface area (Å²) in [6.07, 6.45) is 0. The van der Waals surface area contributed by atoms with Gasteiger partial charge in [-0.2, -0.15) is 5.10 Å². The molecule has 0 bridgehead atoms. The third kappa shape index (κ3) is 3.83. The van der Waals surface area contributed by atoms with Crippen LogP contribution in [-0.4, -0.2) is 15.7 Å². The van der Waals surface area contributed by atoms with Gasteiger partial charge in [0.1, 0.15) is 11.4 Å². The van der Waals surface area contributed by atoms with Crippen molar-refractivity contribution in [3.05, 3.63) is 95.0 Å². The number of amides is 1. The Labute approximate surface area is 162 Å². The van der Waals surface area contributed by atoms with Crippen LogP contribution in [0.15, 0.2) is 78.2 Å². The summed E-state index contributed by atoms with van der Waals surface area (Å²) in [5, 5.41) is 9.70. The number of nitrogens with zero attached hydrogens (tertiary/aromatic N) is 2. The summed E-state index contributed by atoms with van der Waals surface area (Å²) in [7, 11) is 0. The quantitative estimate of drug-likeness (QED) is 0.544. The van der Waals surface area contributed by atoms with Crippen molar-refractivity contribution < 1.29 is 4.79 Å². The van der Waals surface area contributed by atoms with E-state index in [1.165, 1.54) is 5.56 Å². The predicted octanol–water partition coefficient (Wildman–Crippen LogP) is 4.84. The van der Waals surface area contributed by atoms with E-state index >= 15 is 0 Å². The second-order valence-electron chi connectivity index (χ2n) is 6.31. The van der Waals surface area contributed by atoms with Gasteiger partial charge in [0.25, 0.3) is 5.91 Å². The van der Waals surface area contributed by atoms with Gasteiger partial charge in [0.15, 0.2) is 0 Å². The zero-order valence-corrected chi connectivity index (χ0v) is 15.7. The molecule has 4 nitrogen and oxygen atoms in total. The van der Waals surface area contributed by atoms with Crippen LogP contribution in [0, 0.1) is 6.92 Å². The standard InChI is InChI=1S/C22H19N3OS/c1-16-9-11-18(12-10-16)25-20(14-19(24-25)21-8-5-13-27-21)22(26)23-15-17-6-3-2-4-7-17/h2-14H,15H2,1H3,(H,23,26). The zero-order chi connectivity index (χ0) is 18.6. The first-order chi connectivity index (χ1) is 13.2. The number of aryl methyl sites for hydroxylation is 1. The van der Waals surface area contributed by atoms with Crippen molar-refractivity contribution in [1.82, 2.24) is 15.1 Å². The highest BCUT2D eigenvalue weighted by molar-refractivity contribution is 7.13. The third-order valence-electron chi connectivity index (χ3n) is 4.29. The fourth-order valence-corrected chi connectivity index (χ4v) is 3.52. The van der Waals surface area contributed by atoms with Gasteiger partial charge in [0.2, 0.25) is 0 Å². The minimum absolute atomic E-state index is 0.144. The second kappa shape index (κ2) is 7.60. The van der Waals surface area contributed by atoms with Gasteiger partial charge in [-0.3, -0.25) is 4.79 Å². The Morgan fingerprint density at radius 1 is 1.04 bits per heavy atom. The molecule has 0 unspecified atom stereocenters. The first-order valence-electron chi connectivity index (χ1n) is 8.74. The molecule has 134 valence electrons. The third-order valence-corrected chi connectivity index (χ3v) is 5.18. The SMILES string of the molecule is Cc1ccc(-n2nc(-c3cccs3)cc2C(=O)NCc2ccccc2)cc1. The second-order valence-corrected chi connectivity index (χ2v) is 7.26. The van der Waals surface area contributed by atoms with Gasteiger partial charge in [-0.15, -0.1) is 11.3 Å². The molecule has 0 saturated heterocycles. The molecule has 0 aliphatic carbocycles. The van der Waals surface area contributed by atoms with E-state index in [9.17, 15) is 4.79 Å². The molecule has 1 amide bonds. The Hall–Kier alpha value is -3.18. The molecule has 1 N–H and O–H groups in total. The van der Waals surface area contributed by atoms with Crippen LogP contribution in [0.1, 0.15) is 21.6 Å². The maximum atomic E-state index is 12.9. The average molecular weight is 373 g/mol. The molecule has 0 aliphatic heterocycles. The molecule has 0 saturated carbocycles. The molecule has 0 radical (unpaired) electrons. The molecule has 4 aromatic rings. The van der Waals surface area contributed by atoms with Crippen LogP contribution in [0.2, 0.25) is 0 Å². The number of rotatable bonds is 5. The minimum Gasteiger partial charge on any atom is -0.347 e. The van der Waals surface area contributed by atoms with Crippen LogP contribution in [0.3, 0.4) is 0 Å². The Balaban J connectivity index is 1.67. The minimum atomic E-state index is -0.144. The number of aromatic nitrogens is 2. The molecular weight excluding hydrogens is 354 g/mol. The zero-order valence-electron chi connectivity index (χ0n) is 14.9. The highest BCUT2D eigenvalue weighted by Gasteiger charge is 2.18. The van der Waals surface area contributed by atoms with Gasteiger partial charge in [0, 0.05) is 6.54 Å². The normalized spacial score (nSPS) is 10.7. The summed E-state index contributed by atoms with van der Waals surface area (Å²) in [5.41, 5.74) is 4.42. The van der Waals surface area contributed by atoms with Crippen LogP contribution in [0.4, 0.5) is 0 Å². The van der Waals surface area contributed by atoms with Crippen molar-refractivity contribution >= 4 is 17.2 Å². The predicted molar refractivity (Wildman–Crippen MR) is 109 cm³/mol. The van der Waals surface area contributed by atoms with Gasteiger partial charge >= 0.3 is 0 Å². The first kappa shape index (κ1) is 17.2. The highest BCUT2D eigenvalue weighted by Crippen LogP contribution is 2.26. The molecule has 2 heterocycles. The van der Waals surface area contributed by atoms with E-state index in [0.29, 0.717) is 12.2 Å². The number of hydrogen-bond donors (Lipinski definition) is 1. The Kier molecular flexibility index (Phi) is 4.85. The molecule has 0 atom stereocenters. The Bertz CT molecular complexity index is 1040. The maximum Gasteiger partial charge on any atom is 0.270 e. The molecule has 2 aromatic carbocycles. The highest BCUT2D eigenvalue weighted by atomic mass is 32.1. The van der Waals surface area contributed by atoms with Crippen molar-refractivity contribution in [2.24, 2.45) is 0 Å². The van der Waals surface area contributed by atoms with Crippen molar-refractivity contribution in [1.29, 1.82) is 0 Å². The first-order valence-corrected chi connectivity index (χ1v) is 9.62. The topological polar surface area (TPSA) is 46.9 Å². The lowest BCUT2D eigenvalue weighted by Gasteiger charge is -2.09. The van der Waals surface area contributed by atoms with Gasteiger partial charge in [-0.05, 0) is 42.1 Å². The van der Waals surface area contributed by atoms with Gasteiger partial charge in [-0.25, -0.2) is 4.68 Å². The lowest BCUT2D eigenvalue weighted by Crippen LogP contribution is -2.25. The molecule has 27 heavy (non-hydrogen) atoms. The number of benzene rings is 2. The summed E-state index contributed by atoms with van der Waals surface area (Å²) in [5.74, 6) is -0.144. The van der Waals surface area contributed by atoms with E-state index in [2.05, 4.69) is 5.32 Å². The smallest absolute Gasteiger partial charge is 0.270 e. The summed E-state index contributed by atoms with van der Waals surface area (Å²) in [6, 6.07) is 23.7. The molecule has 0 fully saturated rings. The fraction of sp³-hybridized carbons (Fsp3) is 0.0909. The van der Waals surface area contributed by atoms with Gasteiger partial charge in [-0.1, -0.05) is 54.1 Å². The van der Waals surface area contributed by atoms with Crippen LogP contribution >= 0.6 is 11.3 Å². The molecular formula is C22H19N3OS. The number of hydrogen-bond acceptors (Lipinski definition) is 3. The monoisotopic (exact) mass is 373 g/mol. The van der Waals surface area contributed by atoms with Crippen molar-refractivity contribution in [2.45, 2.75) is 13.5 Å². The lowest BCUT2D eigenvalue weighted by molar-refractivity contribution is 0.0943. The summed E-state index contributed by atoms with van der Waals surface area (Å²) in [4.78, 5) is 13.9. The van der Waals surface area contributed by atoms with Crippen molar-refractivity contribution in [3.8, 4) is 16.3 Å². The van der Waals surface area contributed by atoms with E-state index in [4.69, 9.17) is 5.10 Å². The number of thiophene rings is 1. The molecule has 4 rings (SSSR count). The summed E-state index contributed by atoms with van der Waals surface area (Å²) < 4.78 is 1.72. The molecule has 0 aliphatic rings. The number of carbonyl (C=O) groups is 1. The largest absolute Gasteiger partial charge is 0.347 e. The van der Waals surface area contributed by atoms with E-state index in [-0.39, 0.29) is 5.91 Å². The van der Waals surface area contributed by atoms with Crippen LogP contribution < -0.4 is 5.32 Å². The lowest BCUT2D eigenvalue weighted by atomic mass is 10.2. The van der Waals surface area contributed by atoms with Crippen molar-refractivity contribution in [3.63, 3.8) is 0 Å². The molecule has 5 heteroatoms. The Morgan fingerprint density at radius 2 is 1.81 bits per heavy atom. The van der Waals surface area contributed by atoms with E-state index in [1.807, 2.05) is 85.1 Å². The number of nitrogens with one attached hydrogen (secondary N) is 1. The summed E-state index contributed by atoms with van der Waals surface area (Å²) in [6.45, 7) is 2.52. The number of carbonyl (C=O) groups excluding carboxylic acids is 1. The maximum absolute atomic E-state index is 12.9. The van der Waals surface area contributed by atoms with E-state index < -0.39 is 0 Å².